The number of piperidine rings is 1. The summed E-state index contributed by atoms with van der Waals surface area (Å²) < 4.78 is 80.5. The summed E-state index contributed by atoms with van der Waals surface area (Å²) in [6.45, 7) is 1.55. The highest BCUT2D eigenvalue weighted by Gasteiger charge is 2.39. The fourth-order valence-electron chi connectivity index (χ4n) is 6.53. The van der Waals surface area contributed by atoms with Crippen molar-refractivity contribution in [3.05, 3.63) is 47.3 Å². The number of amides is 2. The van der Waals surface area contributed by atoms with Crippen LogP contribution in [0.2, 0.25) is 0 Å². The van der Waals surface area contributed by atoms with E-state index in [1.54, 1.807) is 4.90 Å². The molecule has 7 N–H and O–H groups in total. The summed E-state index contributed by atoms with van der Waals surface area (Å²) in [5.41, 5.74) is 5.01. The number of halogens is 6. The number of aliphatic carboxylic acids is 1. The van der Waals surface area contributed by atoms with E-state index in [-0.39, 0.29) is 49.3 Å². The molecule has 1 unspecified atom stereocenters. The van der Waals surface area contributed by atoms with Crippen LogP contribution in [0.25, 0.3) is 0 Å². The molecule has 2 fully saturated rings. The molecule has 0 saturated carbocycles. The lowest BCUT2D eigenvalue weighted by Gasteiger charge is -2.34. The summed E-state index contributed by atoms with van der Waals surface area (Å²) >= 11 is 0. The number of hydrogen-bond donors (Lipinski definition) is 6. The molecular formula is C34H45F6N9O4. The summed E-state index contributed by atoms with van der Waals surface area (Å²) in [5, 5.41) is 24.4. The highest BCUT2D eigenvalue weighted by molar-refractivity contribution is 5.86. The lowest BCUT2D eigenvalue weighted by Crippen LogP contribution is -2.44. The molecule has 2 atom stereocenters. The fraction of sp³-hybridized carbons (Fsp3) is 0.588. The molecule has 0 spiro atoms. The van der Waals surface area contributed by atoms with Crippen LogP contribution in [-0.2, 0) is 33.2 Å². The van der Waals surface area contributed by atoms with Gasteiger partial charge >= 0.3 is 18.3 Å². The van der Waals surface area contributed by atoms with Gasteiger partial charge in [0, 0.05) is 45.2 Å². The van der Waals surface area contributed by atoms with Crippen molar-refractivity contribution < 1.29 is 45.8 Å². The molecule has 0 aliphatic carbocycles. The molecule has 53 heavy (non-hydrogen) atoms. The first kappa shape index (κ1) is 40.9. The minimum Gasteiger partial charge on any atom is -0.480 e. The van der Waals surface area contributed by atoms with Crippen LogP contribution in [0, 0.1) is 11.3 Å². The number of hydrogen-bond acceptors (Lipinski definition) is 8. The molecule has 1 aromatic carbocycles. The zero-order chi connectivity index (χ0) is 38.8. The van der Waals surface area contributed by atoms with E-state index in [9.17, 15) is 45.8 Å². The van der Waals surface area contributed by atoms with Gasteiger partial charge in [0.1, 0.15) is 23.7 Å². The average molecular weight is 758 g/mol. The first-order valence-corrected chi connectivity index (χ1v) is 17.5. The van der Waals surface area contributed by atoms with E-state index in [1.165, 1.54) is 23.1 Å². The predicted molar refractivity (Wildman–Crippen MR) is 183 cm³/mol. The van der Waals surface area contributed by atoms with E-state index in [0.717, 1.165) is 12.1 Å². The van der Waals surface area contributed by atoms with Gasteiger partial charge in [-0.25, -0.2) is 14.8 Å². The molecule has 2 amide bonds. The van der Waals surface area contributed by atoms with E-state index in [2.05, 4.69) is 25.9 Å². The van der Waals surface area contributed by atoms with E-state index in [0.29, 0.717) is 76.7 Å². The van der Waals surface area contributed by atoms with Gasteiger partial charge < -0.3 is 36.6 Å². The summed E-state index contributed by atoms with van der Waals surface area (Å²) in [7, 11) is 0. The highest BCUT2D eigenvalue weighted by atomic mass is 19.4. The second-order valence-electron chi connectivity index (χ2n) is 13.3. The summed E-state index contributed by atoms with van der Waals surface area (Å²) in [4.78, 5) is 48.0. The molecule has 19 heteroatoms. The Bertz CT molecular complexity index is 1570. The number of rotatable bonds is 16. The topological polar surface area (TPSA) is 190 Å². The molecule has 3 heterocycles. The van der Waals surface area contributed by atoms with Crippen LogP contribution < -0.4 is 31.5 Å². The fourth-order valence-corrected chi connectivity index (χ4v) is 6.53. The number of carbonyl (C=O) groups is 3. The number of nitrogens with one attached hydrogen (secondary N) is 4. The van der Waals surface area contributed by atoms with Crippen LogP contribution in [0.5, 0.6) is 0 Å². The summed E-state index contributed by atoms with van der Waals surface area (Å²) in [5.74, 6) is -3.25. The first-order valence-electron chi connectivity index (χ1n) is 17.5. The third-order valence-corrected chi connectivity index (χ3v) is 9.37. The van der Waals surface area contributed by atoms with Crippen molar-refractivity contribution in [2.24, 2.45) is 11.7 Å². The van der Waals surface area contributed by atoms with Gasteiger partial charge in [0.25, 0.3) is 0 Å². The van der Waals surface area contributed by atoms with Gasteiger partial charge in [-0.15, -0.1) is 0 Å². The van der Waals surface area contributed by atoms with Crippen molar-refractivity contribution >= 4 is 35.4 Å². The second kappa shape index (κ2) is 18.3. The number of nitrogens with two attached hydrogens (primary N) is 1. The maximum Gasteiger partial charge on any atom is 0.451 e. The Morgan fingerprint density at radius 2 is 1.60 bits per heavy atom. The van der Waals surface area contributed by atoms with E-state index in [1.807, 2.05) is 0 Å². The second-order valence-corrected chi connectivity index (χ2v) is 13.3. The van der Waals surface area contributed by atoms with Gasteiger partial charge in [0.15, 0.2) is 5.96 Å². The van der Waals surface area contributed by atoms with E-state index in [4.69, 9.17) is 11.1 Å². The number of guanidine groups is 1. The lowest BCUT2D eigenvalue weighted by molar-refractivity contribution is -0.145. The summed E-state index contributed by atoms with van der Waals surface area (Å²) in [6, 6.07) is 4.21. The molecule has 0 bridgehead atoms. The SMILES string of the molecule is N=C(N)NCCCC(NC(=O)CCCC1CCN(c2cc(N3CCC[C@H]3C(=O)NCCc3ccc(C(F)(F)F)cc3)nc(C(F)(F)F)n2)CC1)C(=O)O. The minimum atomic E-state index is -4.84. The zero-order valence-electron chi connectivity index (χ0n) is 29.0. The Labute approximate surface area is 302 Å². The molecule has 2 aromatic rings. The van der Waals surface area contributed by atoms with Gasteiger partial charge in [-0.2, -0.15) is 26.3 Å². The van der Waals surface area contributed by atoms with Crippen LogP contribution >= 0.6 is 0 Å². The largest absolute Gasteiger partial charge is 0.480 e. The molecular weight excluding hydrogens is 712 g/mol. The zero-order valence-corrected chi connectivity index (χ0v) is 29.0. The maximum absolute atomic E-state index is 14.0. The monoisotopic (exact) mass is 757 g/mol. The maximum atomic E-state index is 14.0. The predicted octanol–water partition coefficient (Wildman–Crippen LogP) is 4.06. The first-order chi connectivity index (χ1) is 25.0. The molecule has 292 valence electrons. The van der Waals surface area contributed by atoms with Crippen molar-refractivity contribution in [1.82, 2.24) is 25.9 Å². The molecule has 2 aliphatic rings. The lowest BCUT2D eigenvalue weighted by atomic mass is 9.91. The Hall–Kier alpha value is -4.84. The Kier molecular flexibility index (Phi) is 14.1. The number of nitrogens with zero attached hydrogens (tertiary/aromatic N) is 4. The van der Waals surface area contributed by atoms with Crippen LogP contribution in [0.1, 0.15) is 74.7 Å². The van der Waals surface area contributed by atoms with E-state index < -0.39 is 53.6 Å². The quantitative estimate of drug-likeness (QED) is 0.0631. The van der Waals surface area contributed by atoms with Gasteiger partial charge in [-0.1, -0.05) is 12.1 Å². The number of carboxylic acid groups (broad SMARTS) is 1. The number of carboxylic acids is 1. The van der Waals surface area contributed by atoms with Gasteiger partial charge in [0.05, 0.1) is 5.56 Å². The minimum absolute atomic E-state index is 0.0226. The van der Waals surface area contributed by atoms with Crippen LogP contribution in [0.3, 0.4) is 0 Å². The number of carbonyl (C=O) groups excluding carboxylic acids is 2. The molecule has 2 aliphatic heterocycles. The standard InChI is InChI=1S/C34H45F6N9O4/c35-33(36,37)23-10-8-22(9-11-23)12-16-43-29(51)25-6-3-17-49(25)27-20-26(46-31(47-27)34(38,39)40)48-18-13-21(14-19-48)4-1-7-28(50)45-24(30(52)53)5-2-15-44-32(41)42/h8-11,20-21,24-25H,1-7,12-19H2,(H,43,51)(H,45,50)(H,52,53)(H4,41,42,44)/t24?,25-/m0/s1. The summed E-state index contributed by atoms with van der Waals surface area (Å²) in [6.07, 6.45) is -4.98. The number of benzene rings is 1. The van der Waals surface area contributed by atoms with Crippen molar-refractivity contribution in [1.29, 1.82) is 5.41 Å². The van der Waals surface area contributed by atoms with Gasteiger partial charge in [-0.05, 0) is 81.4 Å². The van der Waals surface area contributed by atoms with Crippen molar-refractivity contribution in [2.75, 3.05) is 42.5 Å². The number of aromatic nitrogens is 2. The Morgan fingerprint density at radius 1 is 0.925 bits per heavy atom. The van der Waals surface area contributed by atoms with Crippen LogP contribution in [-0.4, -0.2) is 83.6 Å². The molecule has 0 radical (unpaired) electrons. The van der Waals surface area contributed by atoms with Gasteiger partial charge in [-0.3, -0.25) is 15.0 Å². The van der Waals surface area contributed by atoms with Crippen LogP contribution in [0.4, 0.5) is 38.0 Å². The van der Waals surface area contributed by atoms with Crippen molar-refractivity contribution in [3.63, 3.8) is 0 Å². The third-order valence-electron chi connectivity index (χ3n) is 9.37. The van der Waals surface area contributed by atoms with Crippen LogP contribution in [0.15, 0.2) is 30.3 Å². The normalized spacial score (nSPS) is 17.4. The molecule has 13 nitrogen and oxygen atoms in total. The number of alkyl halides is 6. The molecule has 1 aromatic heterocycles. The Morgan fingerprint density at radius 3 is 2.23 bits per heavy atom. The molecule has 4 rings (SSSR count). The number of anilines is 2. The molecule has 2 saturated heterocycles. The highest BCUT2D eigenvalue weighted by Crippen LogP contribution is 2.34. The third kappa shape index (κ3) is 12.4. The van der Waals surface area contributed by atoms with Crippen molar-refractivity contribution in [2.45, 2.75) is 88.6 Å². The van der Waals surface area contributed by atoms with Crippen molar-refractivity contribution in [3.8, 4) is 0 Å². The Balaban J connectivity index is 1.29. The van der Waals surface area contributed by atoms with Gasteiger partial charge in [0.2, 0.25) is 17.6 Å². The average Bonchev–Trinajstić information content (AvgIpc) is 3.59. The smallest absolute Gasteiger partial charge is 0.451 e. The van der Waals surface area contributed by atoms with E-state index >= 15 is 0 Å².